The summed E-state index contributed by atoms with van der Waals surface area (Å²) in [5.41, 5.74) is 2.18. The van der Waals surface area contributed by atoms with Crippen LogP contribution in [-0.2, 0) is 6.54 Å². The number of nitrogens with one attached hydrogen (secondary N) is 1. The minimum atomic E-state index is 0.307. The summed E-state index contributed by atoms with van der Waals surface area (Å²) in [5, 5.41) is 8.21. The van der Waals surface area contributed by atoms with Crippen LogP contribution in [0.25, 0.3) is 0 Å². The lowest BCUT2D eigenvalue weighted by atomic mass is 10.2. The Morgan fingerprint density at radius 1 is 1.50 bits per heavy atom. The van der Waals surface area contributed by atoms with Gasteiger partial charge in [-0.2, -0.15) is 0 Å². The van der Waals surface area contributed by atoms with Crippen LogP contribution in [0.2, 0.25) is 0 Å². The Hall–Kier alpha value is -1.20. The topological polar surface area (TPSA) is 51.0 Å². The first-order valence-electron chi connectivity index (χ1n) is 5.22. The lowest BCUT2D eigenvalue weighted by Crippen LogP contribution is -2.17. The van der Waals surface area contributed by atoms with E-state index >= 15 is 0 Å². The molecule has 1 N–H and O–H groups in total. The highest BCUT2D eigenvalue weighted by atomic mass is 32.1. The van der Waals surface area contributed by atoms with Crippen molar-refractivity contribution in [3.63, 3.8) is 0 Å². The van der Waals surface area contributed by atoms with E-state index in [0.717, 1.165) is 22.8 Å². The third-order valence-corrected chi connectivity index (χ3v) is 3.68. The molecular weight excluding hydrogens is 222 g/mol. The van der Waals surface area contributed by atoms with E-state index in [1.807, 2.05) is 6.92 Å². The zero-order chi connectivity index (χ0) is 11.5. The normalized spacial score (nSPS) is 12.9. The monoisotopic (exact) mass is 237 g/mol. The maximum absolute atomic E-state index is 4.78. The van der Waals surface area contributed by atoms with Gasteiger partial charge in [-0.3, -0.25) is 0 Å². The van der Waals surface area contributed by atoms with E-state index in [1.54, 1.807) is 23.8 Å². The zero-order valence-corrected chi connectivity index (χ0v) is 10.5. The molecule has 4 nitrogen and oxygen atoms in total. The summed E-state index contributed by atoms with van der Waals surface area (Å²) in [5.74, 6) is 0. The van der Waals surface area contributed by atoms with Crippen molar-refractivity contribution in [2.75, 3.05) is 0 Å². The molecule has 86 valence electrons. The SMILES string of the molecule is Cc1nc(C)c(C(C)NCc2cnoc2)s1. The molecule has 0 saturated carbocycles. The summed E-state index contributed by atoms with van der Waals surface area (Å²) in [4.78, 5) is 5.72. The van der Waals surface area contributed by atoms with Crippen molar-refractivity contribution in [1.82, 2.24) is 15.5 Å². The molecule has 0 amide bonds. The highest BCUT2D eigenvalue weighted by Gasteiger charge is 2.12. The maximum atomic E-state index is 4.78. The standard InChI is InChI=1S/C11H15N3OS/c1-7(11-8(2)14-9(3)16-11)12-4-10-5-13-15-6-10/h5-7,12H,4H2,1-3H3. The van der Waals surface area contributed by atoms with E-state index < -0.39 is 0 Å². The van der Waals surface area contributed by atoms with E-state index in [4.69, 9.17) is 4.52 Å². The van der Waals surface area contributed by atoms with E-state index in [0.29, 0.717) is 6.04 Å². The van der Waals surface area contributed by atoms with Gasteiger partial charge in [0.05, 0.1) is 16.9 Å². The molecule has 0 aromatic carbocycles. The Labute approximate surface area is 98.7 Å². The lowest BCUT2D eigenvalue weighted by molar-refractivity contribution is 0.418. The van der Waals surface area contributed by atoms with Gasteiger partial charge in [-0.15, -0.1) is 11.3 Å². The molecule has 0 saturated heterocycles. The van der Waals surface area contributed by atoms with Crippen molar-refractivity contribution in [1.29, 1.82) is 0 Å². The molecule has 0 fully saturated rings. The molecule has 1 atom stereocenters. The Kier molecular flexibility index (Phi) is 3.36. The number of thiazole rings is 1. The van der Waals surface area contributed by atoms with Crippen molar-refractivity contribution >= 4 is 11.3 Å². The largest absolute Gasteiger partial charge is 0.364 e. The van der Waals surface area contributed by atoms with Gasteiger partial charge in [-0.25, -0.2) is 4.98 Å². The predicted molar refractivity (Wildman–Crippen MR) is 63.3 cm³/mol. The summed E-state index contributed by atoms with van der Waals surface area (Å²) in [6, 6.07) is 0.307. The third-order valence-electron chi connectivity index (χ3n) is 2.43. The second-order valence-corrected chi connectivity index (χ2v) is 5.05. The van der Waals surface area contributed by atoms with Gasteiger partial charge < -0.3 is 9.84 Å². The predicted octanol–water partition coefficient (Wildman–Crippen LogP) is 2.60. The summed E-state index contributed by atoms with van der Waals surface area (Å²) >= 11 is 1.75. The second kappa shape index (κ2) is 4.76. The first-order valence-corrected chi connectivity index (χ1v) is 6.04. The highest BCUT2D eigenvalue weighted by Crippen LogP contribution is 2.24. The molecule has 0 bridgehead atoms. The molecule has 16 heavy (non-hydrogen) atoms. The molecule has 1 unspecified atom stereocenters. The van der Waals surface area contributed by atoms with Gasteiger partial charge in [0.25, 0.3) is 0 Å². The van der Waals surface area contributed by atoms with Crippen LogP contribution in [0, 0.1) is 13.8 Å². The third kappa shape index (κ3) is 2.48. The van der Waals surface area contributed by atoms with E-state index in [2.05, 4.69) is 29.3 Å². The summed E-state index contributed by atoms with van der Waals surface area (Å²) in [6.45, 7) is 7.00. The van der Waals surface area contributed by atoms with Gasteiger partial charge in [0.15, 0.2) is 0 Å². The molecule has 0 aliphatic carbocycles. The second-order valence-electron chi connectivity index (χ2n) is 3.82. The van der Waals surface area contributed by atoms with Crippen LogP contribution >= 0.6 is 11.3 Å². The van der Waals surface area contributed by atoms with Gasteiger partial charge >= 0.3 is 0 Å². The molecular formula is C11H15N3OS. The molecule has 0 aliphatic heterocycles. The highest BCUT2D eigenvalue weighted by molar-refractivity contribution is 7.11. The van der Waals surface area contributed by atoms with Crippen LogP contribution in [0.3, 0.4) is 0 Å². The average Bonchev–Trinajstić information content (AvgIpc) is 2.84. The lowest BCUT2D eigenvalue weighted by Gasteiger charge is -2.11. The fourth-order valence-electron chi connectivity index (χ4n) is 1.63. The zero-order valence-electron chi connectivity index (χ0n) is 9.65. The molecule has 0 spiro atoms. The number of aromatic nitrogens is 2. The van der Waals surface area contributed by atoms with Gasteiger partial charge in [-0.1, -0.05) is 5.16 Å². The van der Waals surface area contributed by atoms with E-state index in [9.17, 15) is 0 Å². The number of rotatable bonds is 4. The van der Waals surface area contributed by atoms with Crippen LogP contribution in [0.1, 0.15) is 34.1 Å². The summed E-state index contributed by atoms with van der Waals surface area (Å²) in [7, 11) is 0. The van der Waals surface area contributed by atoms with E-state index in [1.165, 1.54) is 4.88 Å². The van der Waals surface area contributed by atoms with Gasteiger partial charge in [0.1, 0.15) is 6.26 Å². The van der Waals surface area contributed by atoms with Crippen LogP contribution < -0.4 is 5.32 Å². The Balaban J connectivity index is 1.98. The van der Waals surface area contributed by atoms with Crippen LogP contribution in [0.5, 0.6) is 0 Å². The first kappa shape index (κ1) is 11.3. The summed E-state index contributed by atoms with van der Waals surface area (Å²) < 4.78 is 4.78. The Morgan fingerprint density at radius 3 is 2.88 bits per heavy atom. The minimum Gasteiger partial charge on any atom is -0.364 e. The number of nitrogens with zero attached hydrogens (tertiary/aromatic N) is 2. The number of hydrogen-bond donors (Lipinski definition) is 1. The summed E-state index contributed by atoms with van der Waals surface area (Å²) in [6.07, 6.45) is 3.38. The van der Waals surface area contributed by atoms with Crippen molar-refractivity contribution in [3.8, 4) is 0 Å². The molecule has 0 radical (unpaired) electrons. The molecule has 2 aromatic rings. The van der Waals surface area contributed by atoms with Crippen molar-refractivity contribution < 1.29 is 4.52 Å². The molecule has 0 aliphatic rings. The van der Waals surface area contributed by atoms with Crippen LogP contribution in [0.4, 0.5) is 0 Å². The maximum Gasteiger partial charge on any atom is 0.128 e. The number of hydrogen-bond acceptors (Lipinski definition) is 5. The van der Waals surface area contributed by atoms with Crippen molar-refractivity contribution in [2.45, 2.75) is 33.4 Å². The fraction of sp³-hybridized carbons (Fsp3) is 0.455. The average molecular weight is 237 g/mol. The Morgan fingerprint density at radius 2 is 2.31 bits per heavy atom. The molecule has 5 heteroatoms. The molecule has 2 heterocycles. The van der Waals surface area contributed by atoms with Crippen molar-refractivity contribution in [3.05, 3.63) is 33.6 Å². The van der Waals surface area contributed by atoms with Gasteiger partial charge in [0.2, 0.25) is 0 Å². The fourth-order valence-corrected chi connectivity index (χ4v) is 2.58. The van der Waals surface area contributed by atoms with Crippen molar-refractivity contribution in [2.24, 2.45) is 0 Å². The minimum absolute atomic E-state index is 0.307. The van der Waals surface area contributed by atoms with Crippen LogP contribution in [0.15, 0.2) is 17.0 Å². The molecule has 2 aromatic heterocycles. The van der Waals surface area contributed by atoms with Crippen LogP contribution in [-0.4, -0.2) is 10.1 Å². The van der Waals surface area contributed by atoms with Gasteiger partial charge in [-0.05, 0) is 20.8 Å². The smallest absolute Gasteiger partial charge is 0.128 e. The number of aryl methyl sites for hydroxylation is 2. The first-order chi connectivity index (χ1) is 7.66. The van der Waals surface area contributed by atoms with E-state index in [-0.39, 0.29) is 0 Å². The quantitative estimate of drug-likeness (QED) is 0.888. The molecule has 2 rings (SSSR count). The van der Waals surface area contributed by atoms with Gasteiger partial charge in [0, 0.05) is 23.0 Å². The Bertz CT molecular complexity index is 450.